The van der Waals surface area contributed by atoms with Gasteiger partial charge in [0.15, 0.2) is 10.3 Å². The van der Waals surface area contributed by atoms with Gasteiger partial charge in [-0.25, -0.2) is 4.98 Å². The Labute approximate surface area is 144 Å². The van der Waals surface area contributed by atoms with E-state index in [1.165, 1.54) is 11.8 Å². The van der Waals surface area contributed by atoms with Crippen molar-refractivity contribution in [2.75, 3.05) is 11.1 Å². The van der Waals surface area contributed by atoms with Crippen LogP contribution >= 0.6 is 23.4 Å². The molecule has 0 aromatic carbocycles. The Balaban J connectivity index is 2.02. The molecule has 0 aliphatic heterocycles. The molecule has 8 heteroatoms. The number of aromatic nitrogens is 4. The molecule has 0 bridgehead atoms. The molecular formula is C15H18ClN5OS. The van der Waals surface area contributed by atoms with Crippen LogP contribution in [0.4, 0.5) is 5.69 Å². The van der Waals surface area contributed by atoms with Gasteiger partial charge < -0.3 is 9.88 Å². The number of allylic oxidation sites excluding steroid dienone is 1. The third-order valence-electron chi connectivity index (χ3n) is 2.94. The molecule has 1 N–H and O–H groups in total. The first-order valence-electron chi connectivity index (χ1n) is 7.10. The molecule has 0 spiro atoms. The number of thioether (sulfide) groups is 1. The molecule has 0 unspecified atom stereocenters. The second-order valence-electron chi connectivity index (χ2n) is 5.07. The highest BCUT2D eigenvalue weighted by Crippen LogP contribution is 2.22. The predicted molar refractivity (Wildman–Crippen MR) is 92.9 cm³/mol. The molecule has 0 atom stereocenters. The van der Waals surface area contributed by atoms with E-state index in [1.54, 1.807) is 24.4 Å². The van der Waals surface area contributed by atoms with E-state index in [1.807, 2.05) is 4.57 Å². The van der Waals surface area contributed by atoms with E-state index < -0.39 is 0 Å². The van der Waals surface area contributed by atoms with Crippen LogP contribution in [0.3, 0.4) is 0 Å². The van der Waals surface area contributed by atoms with Gasteiger partial charge in [0.05, 0.1) is 11.4 Å². The van der Waals surface area contributed by atoms with E-state index in [-0.39, 0.29) is 22.7 Å². The Morgan fingerprint density at radius 1 is 1.52 bits per heavy atom. The fourth-order valence-corrected chi connectivity index (χ4v) is 2.85. The lowest BCUT2D eigenvalue weighted by atomic mass is 10.2. The van der Waals surface area contributed by atoms with Gasteiger partial charge in [0.1, 0.15) is 5.82 Å². The molecule has 2 aromatic heterocycles. The molecule has 0 radical (unpaired) electrons. The number of carbonyl (C=O) groups excluding carboxylic acids is 1. The van der Waals surface area contributed by atoms with E-state index >= 15 is 0 Å². The summed E-state index contributed by atoms with van der Waals surface area (Å²) in [5.41, 5.74) is 0.496. The lowest BCUT2D eigenvalue weighted by Crippen LogP contribution is -2.15. The van der Waals surface area contributed by atoms with Crippen LogP contribution in [-0.2, 0) is 11.3 Å². The zero-order chi connectivity index (χ0) is 16.8. The summed E-state index contributed by atoms with van der Waals surface area (Å²) in [4.78, 5) is 16.0. The van der Waals surface area contributed by atoms with E-state index in [9.17, 15) is 4.79 Å². The smallest absolute Gasteiger partial charge is 0.234 e. The van der Waals surface area contributed by atoms with Crippen LogP contribution in [0.2, 0.25) is 5.15 Å². The first kappa shape index (κ1) is 17.5. The fourth-order valence-electron chi connectivity index (χ4n) is 1.93. The van der Waals surface area contributed by atoms with Crippen LogP contribution in [0.25, 0.3) is 0 Å². The van der Waals surface area contributed by atoms with Gasteiger partial charge in [0, 0.05) is 18.7 Å². The van der Waals surface area contributed by atoms with Crippen molar-refractivity contribution in [2.45, 2.75) is 31.5 Å². The maximum absolute atomic E-state index is 12.1. The molecule has 6 nitrogen and oxygen atoms in total. The van der Waals surface area contributed by atoms with Crippen LogP contribution in [0, 0.1) is 0 Å². The lowest BCUT2D eigenvalue weighted by Gasteiger charge is -2.10. The second-order valence-corrected chi connectivity index (χ2v) is 6.37. The van der Waals surface area contributed by atoms with E-state index in [2.05, 4.69) is 40.9 Å². The number of amides is 1. The minimum atomic E-state index is -0.177. The molecule has 2 aromatic rings. The van der Waals surface area contributed by atoms with Gasteiger partial charge in [0.2, 0.25) is 5.91 Å². The predicted octanol–water partition coefficient (Wildman–Crippen LogP) is 3.37. The summed E-state index contributed by atoms with van der Waals surface area (Å²) < 4.78 is 1.96. The van der Waals surface area contributed by atoms with Crippen LogP contribution < -0.4 is 5.32 Å². The maximum Gasteiger partial charge on any atom is 0.234 e. The number of rotatable bonds is 7. The van der Waals surface area contributed by atoms with Crippen LogP contribution in [0.5, 0.6) is 0 Å². The van der Waals surface area contributed by atoms with Crippen molar-refractivity contribution < 1.29 is 4.79 Å². The van der Waals surface area contributed by atoms with Crippen molar-refractivity contribution in [2.24, 2.45) is 0 Å². The maximum atomic E-state index is 12.1. The quantitative estimate of drug-likeness (QED) is 0.470. The summed E-state index contributed by atoms with van der Waals surface area (Å²) in [5, 5.41) is 12.0. The highest BCUT2D eigenvalue weighted by Gasteiger charge is 2.16. The summed E-state index contributed by atoms with van der Waals surface area (Å²) in [6, 6.07) is 3.42. The number of hydrogen-bond acceptors (Lipinski definition) is 5. The summed E-state index contributed by atoms with van der Waals surface area (Å²) in [5.74, 6) is 1.16. The number of hydrogen-bond donors (Lipinski definition) is 1. The summed E-state index contributed by atoms with van der Waals surface area (Å²) >= 11 is 7.24. The molecule has 2 heterocycles. The van der Waals surface area contributed by atoms with Crippen molar-refractivity contribution in [3.63, 3.8) is 0 Å². The third kappa shape index (κ3) is 4.56. The van der Waals surface area contributed by atoms with Gasteiger partial charge in [-0.3, -0.25) is 4.79 Å². The zero-order valence-electron chi connectivity index (χ0n) is 13.0. The van der Waals surface area contributed by atoms with Crippen molar-refractivity contribution in [3.05, 3.63) is 42.0 Å². The van der Waals surface area contributed by atoms with Gasteiger partial charge in [-0.1, -0.05) is 43.3 Å². The Morgan fingerprint density at radius 3 is 2.96 bits per heavy atom. The molecule has 1 amide bonds. The van der Waals surface area contributed by atoms with E-state index in [0.29, 0.717) is 17.4 Å². The second kappa shape index (κ2) is 8.12. The minimum Gasteiger partial charge on any atom is -0.323 e. The highest BCUT2D eigenvalue weighted by atomic mass is 35.5. The molecule has 0 aliphatic rings. The van der Waals surface area contributed by atoms with Gasteiger partial charge in [-0.2, -0.15) is 0 Å². The molecule has 2 rings (SSSR count). The van der Waals surface area contributed by atoms with Gasteiger partial charge in [-0.05, 0) is 12.1 Å². The zero-order valence-corrected chi connectivity index (χ0v) is 14.6. The summed E-state index contributed by atoms with van der Waals surface area (Å²) in [6.07, 6.45) is 3.35. The number of nitrogens with one attached hydrogen (secondary N) is 1. The standard InChI is InChI=1S/C15H18ClN5OS/c1-4-8-21-14(10(2)3)19-20-15(21)23-9-12(22)18-11-6-5-7-17-13(11)16/h4-7,10H,1,8-9H2,2-3H3,(H,18,22). The minimum absolute atomic E-state index is 0.177. The van der Waals surface area contributed by atoms with Crippen LogP contribution in [0.15, 0.2) is 36.1 Å². The number of anilines is 1. The molecule has 0 saturated carbocycles. The Hall–Kier alpha value is -1.86. The van der Waals surface area contributed by atoms with Gasteiger partial charge in [-0.15, -0.1) is 16.8 Å². The average Bonchev–Trinajstić information content (AvgIpc) is 2.91. The van der Waals surface area contributed by atoms with Gasteiger partial charge >= 0.3 is 0 Å². The van der Waals surface area contributed by atoms with Crippen LogP contribution in [-0.4, -0.2) is 31.4 Å². The molecule has 0 saturated heterocycles. The first-order chi connectivity index (χ1) is 11.0. The number of halogens is 1. The molecular weight excluding hydrogens is 334 g/mol. The number of nitrogens with zero attached hydrogens (tertiary/aromatic N) is 4. The lowest BCUT2D eigenvalue weighted by molar-refractivity contribution is -0.113. The Bertz CT molecular complexity index is 701. The van der Waals surface area contributed by atoms with Crippen LogP contribution in [0.1, 0.15) is 25.6 Å². The molecule has 23 heavy (non-hydrogen) atoms. The van der Waals surface area contributed by atoms with Crippen molar-refractivity contribution >= 4 is 35.0 Å². The summed E-state index contributed by atoms with van der Waals surface area (Å²) in [6.45, 7) is 8.46. The largest absolute Gasteiger partial charge is 0.323 e. The molecule has 0 fully saturated rings. The molecule has 122 valence electrons. The van der Waals surface area contributed by atoms with Crippen molar-refractivity contribution in [3.8, 4) is 0 Å². The van der Waals surface area contributed by atoms with E-state index in [4.69, 9.17) is 11.6 Å². The highest BCUT2D eigenvalue weighted by molar-refractivity contribution is 7.99. The molecule has 0 aliphatic carbocycles. The van der Waals surface area contributed by atoms with E-state index in [0.717, 1.165) is 5.82 Å². The first-order valence-corrected chi connectivity index (χ1v) is 8.46. The van der Waals surface area contributed by atoms with Crippen molar-refractivity contribution in [1.29, 1.82) is 0 Å². The number of pyridine rings is 1. The SMILES string of the molecule is C=CCn1c(SCC(=O)Nc2cccnc2Cl)nnc1C(C)C. The fraction of sp³-hybridized carbons (Fsp3) is 0.333. The average molecular weight is 352 g/mol. The summed E-state index contributed by atoms with van der Waals surface area (Å²) in [7, 11) is 0. The Kier molecular flexibility index (Phi) is 6.18. The monoisotopic (exact) mass is 351 g/mol. The Morgan fingerprint density at radius 2 is 2.30 bits per heavy atom. The van der Waals surface area contributed by atoms with Gasteiger partial charge in [0.25, 0.3) is 0 Å². The normalized spacial score (nSPS) is 10.8. The topological polar surface area (TPSA) is 72.7 Å². The third-order valence-corrected chi connectivity index (χ3v) is 4.21. The van der Waals surface area contributed by atoms with Crippen molar-refractivity contribution in [1.82, 2.24) is 19.7 Å². The number of carbonyl (C=O) groups is 1.